The van der Waals surface area contributed by atoms with E-state index in [0.717, 1.165) is 6.07 Å². The number of carboxylic acid groups (broad SMARTS) is 1. The van der Waals surface area contributed by atoms with Gasteiger partial charge >= 0.3 is 5.97 Å². The molecule has 0 aromatic heterocycles. The minimum Gasteiger partial charge on any atom is -0.508 e. The zero-order chi connectivity index (χ0) is 9.30. The molecular weight excluding hydrogens is 226 g/mol. The van der Waals surface area contributed by atoms with Crippen molar-refractivity contribution >= 4 is 27.6 Å². The zero-order valence-corrected chi connectivity index (χ0v) is 7.50. The van der Waals surface area contributed by atoms with Crippen molar-refractivity contribution in [2.45, 2.75) is 0 Å². The van der Waals surface area contributed by atoms with Gasteiger partial charge in [-0.2, -0.15) is 0 Å². The van der Waals surface area contributed by atoms with Crippen LogP contribution in [0.15, 0.2) is 16.6 Å². The van der Waals surface area contributed by atoms with E-state index in [0.29, 0.717) is 0 Å². The van der Waals surface area contributed by atoms with E-state index in [-0.39, 0.29) is 21.5 Å². The molecular formula is C7H6BrNO3. The molecule has 12 heavy (non-hydrogen) atoms. The molecule has 0 aliphatic rings. The quantitative estimate of drug-likeness (QED) is 0.639. The Balaban J connectivity index is 3.37. The van der Waals surface area contributed by atoms with Gasteiger partial charge < -0.3 is 15.9 Å². The molecule has 4 nitrogen and oxygen atoms in total. The van der Waals surface area contributed by atoms with Crippen LogP contribution in [0.5, 0.6) is 5.75 Å². The molecule has 0 aliphatic heterocycles. The highest BCUT2D eigenvalue weighted by Gasteiger charge is 2.11. The van der Waals surface area contributed by atoms with Crippen molar-refractivity contribution in [1.29, 1.82) is 0 Å². The molecule has 1 rings (SSSR count). The number of benzene rings is 1. The number of rotatable bonds is 1. The van der Waals surface area contributed by atoms with Gasteiger partial charge in [0.05, 0.1) is 15.7 Å². The topological polar surface area (TPSA) is 83.5 Å². The number of carbonyl (C=O) groups is 1. The van der Waals surface area contributed by atoms with E-state index < -0.39 is 5.97 Å². The second-order valence-electron chi connectivity index (χ2n) is 2.20. The second kappa shape index (κ2) is 3.02. The maximum absolute atomic E-state index is 10.5. The van der Waals surface area contributed by atoms with Crippen molar-refractivity contribution in [2.75, 3.05) is 5.73 Å². The minimum atomic E-state index is -1.13. The number of hydrogen-bond donors (Lipinski definition) is 3. The Labute approximate surface area is 76.8 Å². The average Bonchev–Trinajstić information content (AvgIpc) is 1.96. The van der Waals surface area contributed by atoms with Gasteiger partial charge in [-0.15, -0.1) is 0 Å². The van der Waals surface area contributed by atoms with Crippen LogP contribution < -0.4 is 5.73 Å². The molecule has 1 aromatic rings. The van der Waals surface area contributed by atoms with Gasteiger partial charge in [-0.3, -0.25) is 0 Å². The van der Waals surface area contributed by atoms with E-state index in [4.69, 9.17) is 15.9 Å². The lowest BCUT2D eigenvalue weighted by Gasteiger charge is -2.03. The summed E-state index contributed by atoms with van der Waals surface area (Å²) in [6.07, 6.45) is 0. The third-order valence-electron chi connectivity index (χ3n) is 1.32. The smallest absolute Gasteiger partial charge is 0.337 e. The van der Waals surface area contributed by atoms with Crippen LogP contribution >= 0.6 is 15.9 Å². The Morgan fingerprint density at radius 1 is 1.50 bits per heavy atom. The monoisotopic (exact) mass is 231 g/mol. The Kier molecular flexibility index (Phi) is 2.23. The first-order valence-electron chi connectivity index (χ1n) is 3.03. The number of anilines is 1. The summed E-state index contributed by atoms with van der Waals surface area (Å²) in [5.74, 6) is -1.29. The first-order chi connectivity index (χ1) is 5.52. The summed E-state index contributed by atoms with van der Waals surface area (Å²) in [7, 11) is 0. The lowest BCUT2D eigenvalue weighted by atomic mass is 10.2. The first-order valence-corrected chi connectivity index (χ1v) is 3.83. The second-order valence-corrected chi connectivity index (χ2v) is 2.99. The molecule has 0 amide bonds. The summed E-state index contributed by atoms with van der Waals surface area (Å²) in [5.41, 5.74) is 5.54. The summed E-state index contributed by atoms with van der Waals surface area (Å²) >= 11 is 3.00. The fraction of sp³-hybridized carbons (Fsp3) is 0. The van der Waals surface area contributed by atoms with Gasteiger partial charge in [0, 0.05) is 6.07 Å². The number of hydrogen-bond acceptors (Lipinski definition) is 3. The Bertz CT molecular complexity index is 338. The van der Waals surface area contributed by atoms with Crippen LogP contribution in [0.3, 0.4) is 0 Å². The van der Waals surface area contributed by atoms with Gasteiger partial charge in [0.15, 0.2) is 0 Å². The van der Waals surface area contributed by atoms with Crippen molar-refractivity contribution in [1.82, 2.24) is 0 Å². The predicted molar refractivity (Wildman–Crippen MR) is 47.2 cm³/mol. The Morgan fingerprint density at radius 3 is 2.58 bits per heavy atom. The molecule has 0 fully saturated rings. The summed E-state index contributed by atoms with van der Waals surface area (Å²) in [4.78, 5) is 10.5. The molecule has 0 saturated heterocycles. The molecule has 0 aliphatic carbocycles. The van der Waals surface area contributed by atoms with Gasteiger partial charge in [0.2, 0.25) is 0 Å². The van der Waals surface area contributed by atoms with Crippen LogP contribution in [0.1, 0.15) is 10.4 Å². The lowest BCUT2D eigenvalue weighted by molar-refractivity contribution is 0.0695. The summed E-state index contributed by atoms with van der Waals surface area (Å²) in [5, 5.41) is 17.6. The third-order valence-corrected chi connectivity index (χ3v) is 2.20. The molecule has 0 atom stereocenters. The van der Waals surface area contributed by atoms with Crippen LogP contribution in [-0.4, -0.2) is 16.2 Å². The van der Waals surface area contributed by atoms with Crippen molar-refractivity contribution < 1.29 is 15.0 Å². The van der Waals surface area contributed by atoms with E-state index in [2.05, 4.69) is 15.9 Å². The minimum absolute atomic E-state index is 0.0486. The molecule has 0 bridgehead atoms. The van der Waals surface area contributed by atoms with Crippen molar-refractivity contribution in [3.63, 3.8) is 0 Å². The standard InChI is InChI=1S/C7H6BrNO3/c8-6-4(7(11)12)1-3(10)2-5(6)9/h1-2,10H,9H2,(H,11,12). The Morgan fingerprint density at radius 2 is 2.08 bits per heavy atom. The van der Waals surface area contributed by atoms with Crippen molar-refractivity contribution in [3.8, 4) is 5.75 Å². The molecule has 0 unspecified atom stereocenters. The molecule has 0 spiro atoms. The third kappa shape index (κ3) is 1.50. The van der Waals surface area contributed by atoms with Gasteiger partial charge in [0.1, 0.15) is 5.75 Å². The van der Waals surface area contributed by atoms with Gasteiger partial charge in [-0.1, -0.05) is 0 Å². The van der Waals surface area contributed by atoms with E-state index in [9.17, 15) is 4.79 Å². The number of halogens is 1. The predicted octanol–water partition coefficient (Wildman–Crippen LogP) is 1.44. The normalized spacial score (nSPS) is 9.75. The maximum atomic E-state index is 10.5. The summed E-state index contributed by atoms with van der Waals surface area (Å²) in [6.45, 7) is 0. The molecule has 0 radical (unpaired) electrons. The highest BCUT2D eigenvalue weighted by Crippen LogP contribution is 2.28. The van der Waals surface area contributed by atoms with Gasteiger partial charge in [0.25, 0.3) is 0 Å². The SMILES string of the molecule is Nc1cc(O)cc(C(=O)O)c1Br. The maximum Gasteiger partial charge on any atom is 0.337 e. The molecule has 5 heteroatoms. The number of carboxylic acids is 1. The van der Waals surface area contributed by atoms with Crippen LogP contribution in [-0.2, 0) is 0 Å². The van der Waals surface area contributed by atoms with Crippen LogP contribution in [0.25, 0.3) is 0 Å². The number of phenolic OH excluding ortho intramolecular Hbond substituents is 1. The fourth-order valence-electron chi connectivity index (χ4n) is 0.787. The molecule has 1 aromatic carbocycles. The van der Waals surface area contributed by atoms with Crippen LogP contribution in [0, 0.1) is 0 Å². The Hall–Kier alpha value is -1.23. The molecule has 4 N–H and O–H groups in total. The number of nitrogen functional groups attached to an aromatic ring is 1. The fourth-order valence-corrected chi connectivity index (χ4v) is 1.19. The number of aromatic hydroxyl groups is 1. The van der Waals surface area contributed by atoms with E-state index in [1.165, 1.54) is 6.07 Å². The number of nitrogens with two attached hydrogens (primary N) is 1. The van der Waals surface area contributed by atoms with E-state index in [1.807, 2.05) is 0 Å². The molecule has 0 saturated carbocycles. The molecule has 0 heterocycles. The largest absolute Gasteiger partial charge is 0.508 e. The molecule has 64 valence electrons. The van der Waals surface area contributed by atoms with Gasteiger partial charge in [-0.25, -0.2) is 4.79 Å². The highest BCUT2D eigenvalue weighted by atomic mass is 79.9. The summed E-state index contributed by atoms with van der Waals surface area (Å²) in [6, 6.07) is 2.40. The van der Waals surface area contributed by atoms with Crippen molar-refractivity contribution in [3.05, 3.63) is 22.2 Å². The van der Waals surface area contributed by atoms with Crippen LogP contribution in [0.2, 0.25) is 0 Å². The first kappa shape index (κ1) is 8.86. The lowest BCUT2D eigenvalue weighted by Crippen LogP contribution is -2.00. The average molecular weight is 232 g/mol. The van der Waals surface area contributed by atoms with Crippen LogP contribution in [0.4, 0.5) is 5.69 Å². The van der Waals surface area contributed by atoms with Gasteiger partial charge in [-0.05, 0) is 22.0 Å². The van der Waals surface area contributed by atoms with Crippen molar-refractivity contribution in [2.24, 2.45) is 0 Å². The summed E-state index contributed by atoms with van der Waals surface area (Å²) < 4.78 is 0.285. The number of aromatic carboxylic acids is 1. The highest BCUT2D eigenvalue weighted by molar-refractivity contribution is 9.10. The number of phenols is 1. The van der Waals surface area contributed by atoms with E-state index >= 15 is 0 Å². The zero-order valence-electron chi connectivity index (χ0n) is 5.91. The van der Waals surface area contributed by atoms with E-state index in [1.54, 1.807) is 0 Å².